The maximum absolute atomic E-state index is 5.33. The molecule has 0 unspecified atom stereocenters. The van der Waals surface area contributed by atoms with Gasteiger partial charge in [0.1, 0.15) is 5.76 Å². The molecule has 0 aliphatic carbocycles. The molecule has 0 amide bonds. The van der Waals surface area contributed by atoms with Crippen molar-refractivity contribution >= 4 is 5.71 Å². The van der Waals surface area contributed by atoms with E-state index in [0.717, 1.165) is 11.5 Å². The van der Waals surface area contributed by atoms with Gasteiger partial charge in [-0.05, 0) is 19.8 Å². The second-order valence-electron chi connectivity index (χ2n) is 3.30. The first-order chi connectivity index (χ1) is 5.61. The third-order valence-corrected chi connectivity index (χ3v) is 1.85. The lowest BCUT2D eigenvalue weighted by Gasteiger charge is -2.08. The summed E-state index contributed by atoms with van der Waals surface area (Å²) in [6.07, 6.45) is 3.55. The number of ether oxygens (including phenoxy) is 1. The third kappa shape index (κ3) is 1.97. The molecule has 2 heteroatoms. The van der Waals surface area contributed by atoms with Crippen molar-refractivity contribution in [3.63, 3.8) is 0 Å². The van der Waals surface area contributed by atoms with Gasteiger partial charge in [-0.2, -0.15) is 0 Å². The summed E-state index contributed by atoms with van der Waals surface area (Å²) in [5, 5.41) is 0. The zero-order valence-electron chi connectivity index (χ0n) is 8.09. The Hall–Kier alpha value is -1.05. The van der Waals surface area contributed by atoms with E-state index >= 15 is 0 Å². The van der Waals surface area contributed by atoms with Gasteiger partial charge < -0.3 is 4.74 Å². The minimum absolute atomic E-state index is 0.466. The SMILES string of the molecule is CC1=CN=C(C)C(C(C)C)=CO1. The summed E-state index contributed by atoms with van der Waals surface area (Å²) in [4.78, 5) is 4.27. The maximum atomic E-state index is 5.33. The molecule has 0 aromatic rings. The molecule has 1 aliphatic rings. The lowest BCUT2D eigenvalue weighted by atomic mass is 10.0. The second-order valence-corrected chi connectivity index (χ2v) is 3.30. The third-order valence-electron chi connectivity index (χ3n) is 1.85. The Bertz CT molecular complexity index is 259. The van der Waals surface area contributed by atoms with E-state index in [1.165, 1.54) is 5.57 Å². The van der Waals surface area contributed by atoms with Gasteiger partial charge in [0.05, 0.1) is 12.5 Å². The van der Waals surface area contributed by atoms with Crippen LogP contribution in [0.4, 0.5) is 0 Å². The summed E-state index contributed by atoms with van der Waals surface area (Å²) < 4.78 is 5.33. The molecule has 0 saturated heterocycles. The summed E-state index contributed by atoms with van der Waals surface area (Å²) in [5.41, 5.74) is 2.21. The molecule has 0 bridgehead atoms. The highest BCUT2D eigenvalue weighted by atomic mass is 16.5. The zero-order chi connectivity index (χ0) is 9.14. The minimum atomic E-state index is 0.466. The Labute approximate surface area is 73.6 Å². The van der Waals surface area contributed by atoms with Crippen molar-refractivity contribution in [3.8, 4) is 0 Å². The molecule has 0 N–H and O–H groups in total. The van der Waals surface area contributed by atoms with Gasteiger partial charge in [0.15, 0.2) is 0 Å². The van der Waals surface area contributed by atoms with Crippen LogP contribution in [0.3, 0.4) is 0 Å². The molecular weight excluding hydrogens is 150 g/mol. The Kier molecular flexibility index (Phi) is 2.69. The molecule has 0 radical (unpaired) electrons. The van der Waals surface area contributed by atoms with Gasteiger partial charge in [-0.15, -0.1) is 0 Å². The Morgan fingerprint density at radius 3 is 2.58 bits per heavy atom. The number of aliphatic imine (C=N–C) groups is 1. The minimum Gasteiger partial charge on any atom is -0.468 e. The standard InChI is InChI=1S/C10H15NO/c1-7(2)10-6-12-8(3)5-11-9(10)4/h5-7H,1-4H3. The first-order valence-corrected chi connectivity index (χ1v) is 4.19. The van der Waals surface area contributed by atoms with Crippen molar-refractivity contribution in [3.05, 3.63) is 23.8 Å². The van der Waals surface area contributed by atoms with Crippen molar-refractivity contribution in [1.29, 1.82) is 0 Å². The van der Waals surface area contributed by atoms with Crippen LogP contribution < -0.4 is 0 Å². The molecule has 1 aliphatic heterocycles. The van der Waals surface area contributed by atoms with Crippen molar-refractivity contribution in [2.45, 2.75) is 27.7 Å². The lowest BCUT2D eigenvalue weighted by Crippen LogP contribution is -2.03. The van der Waals surface area contributed by atoms with E-state index in [1.807, 2.05) is 13.8 Å². The summed E-state index contributed by atoms with van der Waals surface area (Å²) >= 11 is 0. The van der Waals surface area contributed by atoms with Crippen LogP contribution >= 0.6 is 0 Å². The predicted molar refractivity (Wildman–Crippen MR) is 50.9 cm³/mol. The average molecular weight is 165 g/mol. The Morgan fingerprint density at radius 1 is 1.33 bits per heavy atom. The largest absolute Gasteiger partial charge is 0.468 e. The fourth-order valence-corrected chi connectivity index (χ4v) is 1.09. The van der Waals surface area contributed by atoms with Crippen LogP contribution in [0.5, 0.6) is 0 Å². The monoisotopic (exact) mass is 165 g/mol. The van der Waals surface area contributed by atoms with Crippen molar-refractivity contribution in [2.24, 2.45) is 10.9 Å². The van der Waals surface area contributed by atoms with Gasteiger partial charge in [0, 0.05) is 11.3 Å². The van der Waals surface area contributed by atoms with Gasteiger partial charge in [-0.25, -0.2) is 0 Å². The molecular formula is C10H15NO. The van der Waals surface area contributed by atoms with Gasteiger partial charge in [-0.3, -0.25) is 4.99 Å². The number of nitrogens with zero attached hydrogens (tertiary/aromatic N) is 1. The topological polar surface area (TPSA) is 21.6 Å². The van der Waals surface area contributed by atoms with E-state index in [1.54, 1.807) is 12.5 Å². The van der Waals surface area contributed by atoms with Crippen LogP contribution in [0.15, 0.2) is 28.8 Å². The molecule has 2 nitrogen and oxygen atoms in total. The first-order valence-electron chi connectivity index (χ1n) is 4.19. The predicted octanol–water partition coefficient (Wildman–Crippen LogP) is 2.88. The molecule has 66 valence electrons. The molecule has 1 rings (SSSR count). The molecule has 12 heavy (non-hydrogen) atoms. The van der Waals surface area contributed by atoms with Crippen molar-refractivity contribution in [2.75, 3.05) is 0 Å². The summed E-state index contributed by atoms with van der Waals surface area (Å²) in [5.74, 6) is 1.30. The second kappa shape index (κ2) is 3.57. The van der Waals surface area contributed by atoms with Gasteiger partial charge in [0.25, 0.3) is 0 Å². The zero-order valence-corrected chi connectivity index (χ0v) is 8.09. The highest BCUT2D eigenvalue weighted by Crippen LogP contribution is 2.16. The number of allylic oxidation sites excluding steroid dienone is 2. The molecule has 0 atom stereocenters. The molecule has 0 aromatic heterocycles. The van der Waals surface area contributed by atoms with E-state index in [-0.39, 0.29) is 0 Å². The molecule has 0 spiro atoms. The van der Waals surface area contributed by atoms with Gasteiger partial charge in [0.2, 0.25) is 0 Å². The quantitative estimate of drug-likeness (QED) is 0.585. The Balaban J connectivity index is 2.92. The Morgan fingerprint density at radius 2 is 2.00 bits per heavy atom. The highest BCUT2D eigenvalue weighted by molar-refractivity contribution is 5.98. The lowest BCUT2D eigenvalue weighted by molar-refractivity contribution is 0.348. The molecule has 1 heterocycles. The van der Waals surface area contributed by atoms with E-state index in [2.05, 4.69) is 18.8 Å². The highest BCUT2D eigenvalue weighted by Gasteiger charge is 2.09. The van der Waals surface area contributed by atoms with E-state index < -0.39 is 0 Å². The van der Waals surface area contributed by atoms with Crippen LogP contribution in [-0.2, 0) is 4.74 Å². The van der Waals surface area contributed by atoms with Crippen molar-refractivity contribution in [1.82, 2.24) is 0 Å². The molecule has 0 fully saturated rings. The number of hydrogen-bond donors (Lipinski definition) is 0. The fraction of sp³-hybridized carbons (Fsp3) is 0.500. The smallest absolute Gasteiger partial charge is 0.118 e. The fourth-order valence-electron chi connectivity index (χ4n) is 1.09. The van der Waals surface area contributed by atoms with Crippen LogP contribution in [0.1, 0.15) is 27.7 Å². The van der Waals surface area contributed by atoms with Gasteiger partial charge >= 0.3 is 0 Å². The maximum Gasteiger partial charge on any atom is 0.118 e. The average Bonchev–Trinajstić information content (AvgIpc) is 2.14. The van der Waals surface area contributed by atoms with Gasteiger partial charge in [-0.1, -0.05) is 13.8 Å². The van der Waals surface area contributed by atoms with Crippen LogP contribution in [0, 0.1) is 5.92 Å². The van der Waals surface area contributed by atoms with Crippen LogP contribution in [0.25, 0.3) is 0 Å². The molecule has 0 aromatic carbocycles. The van der Waals surface area contributed by atoms with E-state index in [9.17, 15) is 0 Å². The van der Waals surface area contributed by atoms with Crippen molar-refractivity contribution < 1.29 is 4.74 Å². The summed E-state index contributed by atoms with van der Waals surface area (Å²) in [6.45, 7) is 8.17. The molecule has 0 saturated carbocycles. The van der Waals surface area contributed by atoms with Crippen LogP contribution in [0.2, 0.25) is 0 Å². The summed E-state index contributed by atoms with van der Waals surface area (Å²) in [7, 11) is 0. The normalized spacial score (nSPS) is 17.6. The summed E-state index contributed by atoms with van der Waals surface area (Å²) in [6, 6.07) is 0. The van der Waals surface area contributed by atoms with E-state index in [4.69, 9.17) is 4.74 Å². The number of hydrogen-bond acceptors (Lipinski definition) is 2. The first kappa shape index (κ1) is 9.04. The van der Waals surface area contributed by atoms with E-state index in [0.29, 0.717) is 5.92 Å². The number of rotatable bonds is 1. The van der Waals surface area contributed by atoms with Crippen LogP contribution in [-0.4, -0.2) is 5.71 Å².